The molecule has 5 nitrogen and oxygen atoms in total. The minimum atomic E-state index is -0.254. The first-order valence-corrected chi connectivity index (χ1v) is 8.08. The molecule has 0 aliphatic heterocycles. The van der Waals surface area contributed by atoms with Crippen LogP contribution in [0.15, 0.2) is 66.7 Å². The molecule has 0 bridgehead atoms. The van der Waals surface area contributed by atoms with Crippen molar-refractivity contribution in [2.45, 2.75) is 6.54 Å². The summed E-state index contributed by atoms with van der Waals surface area (Å²) >= 11 is 5.83. The van der Waals surface area contributed by atoms with Crippen LogP contribution < -0.4 is 10.6 Å². The van der Waals surface area contributed by atoms with Gasteiger partial charge >= 0.3 is 0 Å². The number of rotatable bonds is 5. The Morgan fingerprint density at radius 2 is 1.60 bits per heavy atom. The molecule has 0 unspecified atom stereocenters. The van der Waals surface area contributed by atoms with Crippen molar-refractivity contribution in [1.29, 1.82) is 0 Å². The van der Waals surface area contributed by atoms with Crippen molar-refractivity contribution in [2.75, 3.05) is 5.32 Å². The van der Waals surface area contributed by atoms with Crippen LogP contribution in [0.25, 0.3) is 0 Å². The zero-order chi connectivity index (χ0) is 17.6. The number of nitrogens with one attached hydrogen (secondary N) is 3. The number of H-pyrrole nitrogens is 1. The first kappa shape index (κ1) is 16.8. The summed E-state index contributed by atoms with van der Waals surface area (Å²) in [6.07, 6.45) is 0. The normalized spacial score (nSPS) is 10.3. The third-order valence-electron chi connectivity index (χ3n) is 3.58. The molecular formula is C19H16ClN3O2. The molecular weight excluding hydrogens is 338 g/mol. The van der Waals surface area contributed by atoms with Crippen LogP contribution in [0.2, 0.25) is 5.02 Å². The van der Waals surface area contributed by atoms with Crippen molar-refractivity contribution in [3.05, 3.63) is 88.6 Å². The van der Waals surface area contributed by atoms with Crippen LogP contribution in [-0.2, 0) is 6.54 Å². The zero-order valence-corrected chi connectivity index (χ0v) is 14.0. The summed E-state index contributed by atoms with van der Waals surface area (Å²) in [5.74, 6) is -0.0313. The Morgan fingerprint density at radius 3 is 2.32 bits per heavy atom. The van der Waals surface area contributed by atoms with Crippen LogP contribution in [0.5, 0.6) is 0 Å². The number of aromatic nitrogens is 1. The molecule has 25 heavy (non-hydrogen) atoms. The lowest BCUT2D eigenvalue weighted by Gasteiger charge is -2.05. The van der Waals surface area contributed by atoms with Gasteiger partial charge in [0.15, 0.2) is 0 Å². The smallest absolute Gasteiger partial charge is 0.268 e. The van der Waals surface area contributed by atoms with Crippen molar-refractivity contribution >= 4 is 29.2 Å². The highest BCUT2D eigenvalue weighted by atomic mass is 35.5. The molecule has 3 rings (SSSR count). The topological polar surface area (TPSA) is 74.0 Å². The maximum Gasteiger partial charge on any atom is 0.268 e. The van der Waals surface area contributed by atoms with E-state index in [0.717, 1.165) is 5.56 Å². The number of hydrogen-bond donors (Lipinski definition) is 3. The van der Waals surface area contributed by atoms with Gasteiger partial charge in [0.05, 0.1) is 0 Å². The summed E-state index contributed by atoms with van der Waals surface area (Å²) in [6.45, 7) is 0.390. The Labute approximate surface area is 150 Å². The fraction of sp³-hybridized carbons (Fsp3) is 0.0526. The van der Waals surface area contributed by atoms with E-state index in [1.165, 1.54) is 0 Å². The van der Waals surface area contributed by atoms with E-state index in [0.29, 0.717) is 28.6 Å². The SMILES string of the molecule is O=C(Nc1ccc(C(=O)NCc2ccc(Cl)cc2)[nH]1)c1ccccc1. The summed E-state index contributed by atoms with van der Waals surface area (Å²) < 4.78 is 0. The molecule has 2 amide bonds. The minimum Gasteiger partial charge on any atom is -0.347 e. The van der Waals surface area contributed by atoms with E-state index >= 15 is 0 Å². The van der Waals surface area contributed by atoms with Crippen LogP contribution in [0.4, 0.5) is 5.82 Å². The minimum absolute atomic E-state index is 0.240. The van der Waals surface area contributed by atoms with Crippen LogP contribution in [0, 0.1) is 0 Å². The summed E-state index contributed by atoms with van der Waals surface area (Å²) in [5, 5.41) is 6.18. The molecule has 0 fully saturated rings. The zero-order valence-electron chi connectivity index (χ0n) is 13.3. The highest BCUT2D eigenvalue weighted by molar-refractivity contribution is 6.30. The van der Waals surface area contributed by atoms with Crippen LogP contribution >= 0.6 is 11.6 Å². The summed E-state index contributed by atoms with van der Waals surface area (Å²) in [4.78, 5) is 27.2. The quantitative estimate of drug-likeness (QED) is 0.651. The fourth-order valence-electron chi connectivity index (χ4n) is 2.26. The first-order valence-electron chi connectivity index (χ1n) is 7.70. The van der Waals surface area contributed by atoms with E-state index in [1.54, 1.807) is 48.5 Å². The number of halogens is 1. The number of amides is 2. The van der Waals surface area contributed by atoms with Gasteiger partial charge < -0.3 is 15.6 Å². The van der Waals surface area contributed by atoms with Crippen molar-refractivity contribution < 1.29 is 9.59 Å². The number of hydrogen-bond acceptors (Lipinski definition) is 2. The monoisotopic (exact) mass is 353 g/mol. The van der Waals surface area contributed by atoms with E-state index in [-0.39, 0.29) is 11.8 Å². The molecule has 0 saturated carbocycles. The average Bonchev–Trinajstić information content (AvgIpc) is 3.10. The van der Waals surface area contributed by atoms with Gasteiger partial charge in [0, 0.05) is 17.1 Å². The predicted octanol–water partition coefficient (Wildman–Crippen LogP) is 3.85. The van der Waals surface area contributed by atoms with Crippen LogP contribution in [0.1, 0.15) is 26.4 Å². The third kappa shape index (κ3) is 4.49. The Kier molecular flexibility index (Phi) is 5.16. The molecule has 126 valence electrons. The largest absolute Gasteiger partial charge is 0.347 e. The Bertz CT molecular complexity index is 873. The number of carbonyl (C=O) groups is 2. The summed E-state index contributed by atoms with van der Waals surface area (Å²) in [6, 6.07) is 19.4. The van der Waals surface area contributed by atoms with Gasteiger partial charge in [-0.05, 0) is 42.0 Å². The van der Waals surface area contributed by atoms with Crippen molar-refractivity contribution in [3.8, 4) is 0 Å². The van der Waals surface area contributed by atoms with Gasteiger partial charge in [-0.25, -0.2) is 0 Å². The second kappa shape index (κ2) is 7.68. The Balaban J connectivity index is 1.58. The number of carbonyl (C=O) groups excluding carboxylic acids is 2. The van der Waals surface area contributed by atoms with Crippen molar-refractivity contribution in [2.24, 2.45) is 0 Å². The molecule has 0 aliphatic rings. The molecule has 3 N–H and O–H groups in total. The lowest BCUT2D eigenvalue weighted by molar-refractivity contribution is 0.0945. The highest BCUT2D eigenvalue weighted by Gasteiger charge is 2.10. The second-order valence-corrected chi connectivity index (χ2v) is 5.85. The van der Waals surface area contributed by atoms with Gasteiger partial charge in [0.25, 0.3) is 11.8 Å². The first-order chi connectivity index (χ1) is 12.1. The predicted molar refractivity (Wildman–Crippen MR) is 97.8 cm³/mol. The van der Waals surface area contributed by atoms with Crippen LogP contribution in [0.3, 0.4) is 0 Å². The summed E-state index contributed by atoms with van der Waals surface area (Å²) in [5.41, 5.74) is 1.87. The van der Waals surface area contributed by atoms with Crippen LogP contribution in [-0.4, -0.2) is 16.8 Å². The van der Waals surface area contributed by atoms with Gasteiger partial charge in [0.1, 0.15) is 11.5 Å². The molecule has 1 heterocycles. The van der Waals surface area contributed by atoms with Crippen molar-refractivity contribution in [3.63, 3.8) is 0 Å². The second-order valence-electron chi connectivity index (χ2n) is 5.41. The number of anilines is 1. The Morgan fingerprint density at radius 1 is 0.880 bits per heavy atom. The molecule has 2 aromatic carbocycles. The molecule has 1 aromatic heterocycles. The molecule has 0 saturated heterocycles. The summed E-state index contributed by atoms with van der Waals surface area (Å²) in [7, 11) is 0. The molecule has 3 aromatic rings. The molecule has 6 heteroatoms. The maximum absolute atomic E-state index is 12.2. The van der Waals surface area contributed by atoms with Gasteiger partial charge in [-0.2, -0.15) is 0 Å². The van der Waals surface area contributed by atoms with E-state index in [1.807, 2.05) is 18.2 Å². The standard InChI is InChI=1S/C19H16ClN3O2/c20-15-8-6-13(7-9-15)12-21-19(25)16-10-11-17(22-16)23-18(24)14-4-2-1-3-5-14/h1-11,22H,12H2,(H,21,25)(H,23,24). The maximum atomic E-state index is 12.2. The average molecular weight is 354 g/mol. The lowest BCUT2D eigenvalue weighted by Crippen LogP contribution is -2.23. The van der Waals surface area contributed by atoms with Gasteiger partial charge in [0.2, 0.25) is 0 Å². The van der Waals surface area contributed by atoms with E-state index in [9.17, 15) is 9.59 Å². The van der Waals surface area contributed by atoms with Crippen molar-refractivity contribution in [1.82, 2.24) is 10.3 Å². The molecule has 0 atom stereocenters. The molecule has 0 aliphatic carbocycles. The molecule has 0 radical (unpaired) electrons. The highest BCUT2D eigenvalue weighted by Crippen LogP contribution is 2.11. The van der Waals surface area contributed by atoms with E-state index < -0.39 is 0 Å². The lowest BCUT2D eigenvalue weighted by atomic mass is 10.2. The van der Waals surface area contributed by atoms with Gasteiger partial charge in [-0.1, -0.05) is 41.9 Å². The third-order valence-corrected chi connectivity index (χ3v) is 3.83. The Hall–Kier alpha value is -3.05. The van der Waals surface area contributed by atoms with E-state index in [2.05, 4.69) is 15.6 Å². The number of aromatic amines is 1. The fourth-order valence-corrected chi connectivity index (χ4v) is 2.39. The number of benzene rings is 2. The van der Waals surface area contributed by atoms with E-state index in [4.69, 9.17) is 11.6 Å². The molecule has 0 spiro atoms. The van der Waals surface area contributed by atoms with Gasteiger partial charge in [-0.15, -0.1) is 0 Å². The van der Waals surface area contributed by atoms with Gasteiger partial charge in [-0.3, -0.25) is 9.59 Å².